The zero-order chi connectivity index (χ0) is 26.1. The second kappa shape index (κ2) is 10.2. The summed E-state index contributed by atoms with van der Waals surface area (Å²) < 4.78 is 2.21. The molecule has 7 nitrogen and oxygen atoms in total. The second-order valence-electron chi connectivity index (χ2n) is 10.3. The first kappa shape index (κ1) is 24.1. The van der Waals surface area contributed by atoms with Gasteiger partial charge in [0.05, 0.1) is 16.8 Å². The number of aromatic nitrogens is 4. The highest BCUT2D eigenvalue weighted by atomic mass is 16.1. The third-order valence-electron chi connectivity index (χ3n) is 7.80. The summed E-state index contributed by atoms with van der Waals surface area (Å²) in [5, 5.41) is 5.14. The number of fused-ring (bicyclic) bond motifs is 3. The Morgan fingerprint density at radius 3 is 2.50 bits per heavy atom. The second-order valence-corrected chi connectivity index (χ2v) is 10.3. The van der Waals surface area contributed by atoms with Crippen molar-refractivity contribution in [3.63, 3.8) is 0 Å². The molecule has 1 saturated carbocycles. The van der Waals surface area contributed by atoms with Gasteiger partial charge in [0.25, 0.3) is 0 Å². The molecule has 2 aromatic carbocycles. The number of nitrogens with zero attached hydrogens (tertiary/aromatic N) is 4. The van der Waals surface area contributed by atoms with Crippen LogP contribution in [0.25, 0.3) is 21.9 Å². The molecule has 192 valence electrons. The maximum absolute atomic E-state index is 13.4. The first-order chi connectivity index (χ1) is 18.6. The van der Waals surface area contributed by atoms with Crippen LogP contribution in [-0.4, -0.2) is 25.4 Å². The van der Waals surface area contributed by atoms with Crippen LogP contribution < -0.4 is 11.1 Å². The van der Waals surface area contributed by atoms with E-state index in [0.717, 1.165) is 51.5 Å². The lowest BCUT2D eigenvalue weighted by Gasteiger charge is -2.23. The fraction of sp³-hybridized carbons (Fsp3) is 0.290. The molecule has 0 radical (unpaired) electrons. The molecule has 1 unspecified atom stereocenters. The number of nitrogens with one attached hydrogen (secondary N) is 1. The molecular formula is C31H32N6O. The molecular weight excluding hydrogens is 472 g/mol. The smallest absolute Gasteiger partial charge is 0.228 e. The van der Waals surface area contributed by atoms with Crippen LogP contribution in [0.1, 0.15) is 54.1 Å². The van der Waals surface area contributed by atoms with E-state index in [1.807, 2.05) is 31.2 Å². The Balaban J connectivity index is 1.29. The van der Waals surface area contributed by atoms with Crippen LogP contribution in [0.4, 0.5) is 5.82 Å². The quantitative estimate of drug-likeness (QED) is 0.305. The Labute approximate surface area is 222 Å². The molecule has 1 aliphatic carbocycles. The molecule has 38 heavy (non-hydrogen) atoms. The summed E-state index contributed by atoms with van der Waals surface area (Å²) >= 11 is 0. The minimum atomic E-state index is -0.142. The Morgan fingerprint density at radius 1 is 1.00 bits per heavy atom. The van der Waals surface area contributed by atoms with E-state index >= 15 is 0 Å². The largest absolute Gasteiger partial charge is 0.383 e. The molecule has 6 rings (SSSR count). The normalized spacial score (nSPS) is 14.8. The van der Waals surface area contributed by atoms with Gasteiger partial charge in [-0.05, 0) is 60.6 Å². The number of anilines is 1. The molecule has 1 fully saturated rings. The standard InChI is InChI=1S/C31H32N6O/c1-20-35-29(32)28-25-8-4-5-9-26(25)37(30(28)36-20)19-22-10-12-24(13-11-22)27(23-6-2-3-7-23)31(38)34-18-21-14-16-33-17-15-21/h4-5,8-17,23,27H,2-3,6-7,18-19H2,1H3,(H,34,38)(H2,32,35,36). The van der Waals surface area contributed by atoms with Gasteiger partial charge in [0, 0.05) is 30.9 Å². The van der Waals surface area contributed by atoms with Crippen LogP contribution >= 0.6 is 0 Å². The van der Waals surface area contributed by atoms with Crippen molar-refractivity contribution in [1.29, 1.82) is 0 Å². The van der Waals surface area contributed by atoms with Gasteiger partial charge in [-0.2, -0.15) is 0 Å². The Bertz CT molecular complexity index is 1590. The fourth-order valence-electron chi connectivity index (χ4n) is 5.97. The summed E-state index contributed by atoms with van der Waals surface area (Å²) in [5.74, 6) is 1.50. The van der Waals surface area contributed by atoms with E-state index in [2.05, 4.69) is 56.3 Å². The fourth-order valence-corrected chi connectivity index (χ4v) is 5.97. The van der Waals surface area contributed by atoms with Crippen molar-refractivity contribution in [2.45, 2.75) is 51.6 Å². The SMILES string of the molecule is Cc1nc(N)c2c3ccccc3n(Cc3ccc(C(C(=O)NCc4ccncc4)C4CCCC4)cc3)c2n1. The first-order valence-corrected chi connectivity index (χ1v) is 13.3. The predicted molar refractivity (Wildman–Crippen MR) is 151 cm³/mol. The van der Waals surface area contributed by atoms with E-state index in [-0.39, 0.29) is 11.8 Å². The molecule has 1 amide bonds. The van der Waals surface area contributed by atoms with Crippen molar-refractivity contribution in [2.24, 2.45) is 5.92 Å². The number of benzene rings is 2. The van der Waals surface area contributed by atoms with Crippen LogP contribution in [0.15, 0.2) is 73.1 Å². The Kier molecular flexibility index (Phi) is 6.50. The highest BCUT2D eigenvalue weighted by Gasteiger charge is 2.32. The lowest BCUT2D eigenvalue weighted by atomic mass is 9.83. The van der Waals surface area contributed by atoms with Crippen molar-refractivity contribution in [2.75, 3.05) is 5.73 Å². The van der Waals surface area contributed by atoms with Crippen molar-refractivity contribution in [1.82, 2.24) is 24.8 Å². The number of nitrogens with two attached hydrogens (primary N) is 1. The summed E-state index contributed by atoms with van der Waals surface area (Å²) in [7, 11) is 0. The topological polar surface area (TPSA) is 98.7 Å². The van der Waals surface area contributed by atoms with Gasteiger partial charge in [0.1, 0.15) is 17.3 Å². The number of para-hydroxylation sites is 1. The van der Waals surface area contributed by atoms with Crippen LogP contribution in [0, 0.1) is 12.8 Å². The van der Waals surface area contributed by atoms with Gasteiger partial charge in [-0.15, -0.1) is 0 Å². The molecule has 5 aromatic rings. The Morgan fingerprint density at radius 2 is 1.74 bits per heavy atom. The predicted octanol–water partition coefficient (Wildman–Crippen LogP) is 5.51. The van der Waals surface area contributed by atoms with Crippen LogP contribution in [0.5, 0.6) is 0 Å². The lowest BCUT2D eigenvalue weighted by molar-refractivity contribution is -0.123. The first-order valence-electron chi connectivity index (χ1n) is 13.3. The highest BCUT2D eigenvalue weighted by molar-refractivity contribution is 6.11. The highest BCUT2D eigenvalue weighted by Crippen LogP contribution is 2.38. The lowest BCUT2D eigenvalue weighted by Crippen LogP contribution is -2.32. The number of amides is 1. The molecule has 3 N–H and O–H groups in total. The van der Waals surface area contributed by atoms with Gasteiger partial charge in [0.2, 0.25) is 5.91 Å². The van der Waals surface area contributed by atoms with Crippen LogP contribution in [0.2, 0.25) is 0 Å². The minimum absolute atomic E-state index is 0.103. The average Bonchev–Trinajstić information content (AvgIpc) is 3.56. The van der Waals surface area contributed by atoms with Gasteiger partial charge in [-0.25, -0.2) is 9.97 Å². The number of hydrogen-bond donors (Lipinski definition) is 2. The van der Waals surface area contributed by atoms with Crippen molar-refractivity contribution in [3.05, 3.63) is 95.6 Å². The Hall–Kier alpha value is -4.26. The van der Waals surface area contributed by atoms with Gasteiger partial charge in [-0.3, -0.25) is 9.78 Å². The summed E-state index contributed by atoms with van der Waals surface area (Å²) in [6, 6.07) is 20.7. The van der Waals surface area contributed by atoms with E-state index in [1.165, 1.54) is 12.8 Å². The maximum atomic E-state index is 13.4. The van der Waals surface area contributed by atoms with Gasteiger partial charge in [0.15, 0.2) is 0 Å². The third-order valence-corrected chi connectivity index (χ3v) is 7.80. The zero-order valence-electron chi connectivity index (χ0n) is 21.6. The third kappa shape index (κ3) is 4.60. The molecule has 3 aromatic heterocycles. The van der Waals surface area contributed by atoms with Crippen LogP contribution in [-0.2, 0) is 17.9 Å². The van der Waals surface area contributed by atoms with E-state index in [9.17, 15) is 4.79 Å². The number of carbonyl (C=O) groups excluding carboxylic acids is 1. The summed E-state index contributed by atoms with van der Waals surface area (Å²) in [6.45, 7) is 3.04. The molecule has 7 heteroatoms. The monoisotopic (exact) mass is 504 g/mol. The zero-order valence-corrected chi connectivity index (χ0v) is 21.6. The minimum Gasteiger partial charge on any atom is -0.383 e. The van der Waals surface area contributed by atoms with E-state index in [0.29, 0.717) is 30.6 Å². The van der Waals surface area contributed by atoms with Gasteiger partial charge >= 0.3 is 0 Å². The van der Waals surface area contributed by atoms with E-state index < -0.39 is 0 Å². The molecule has 0 saturated heterocycles. The number of rotatable bonds is 7. The number of aryl methyl sites for hydroxylation is 1. The van der Waals surface area contributed by atoms with Gasteiger partial charge < -0.3 is 15.6 Å². The van der Waals surface area contributed by atoms with Crippen molar-refractivity contribution < 1.29 is 4.79 Å². The number of nitrogen functional groups attached to an aromatic ring is 1. The number of pyridine rings is 1. The molecule has 1 atom stereocenters. The maximum Gasteiger partial charge on any atom is 0.228 e. The molecule has 3 heterocycles. The van der Waals surface area contributed by atoms with Gasteiger partial charge in [-0.1, -0.05) is 55.3 Å². The molecule has 0 aliphatic heterocycles. The van der Waals surface area contributed by atoms with Crippen LogP contribution in [0.3, 0.4) is 0 Å². The number of hydrogen-bond acceptors (Lipinski definition) is 5. The van der Waals surface area contributed by atoms with Crippen molar-refractivity contribution in [3.8, 4) is 0 Å². The average molecular weight is 505 g/mol. The number of carbonyl (C=O) groups is 1. The van der Waals surface area contributed by atoms with Crippen molar-refractivity contribution >= 4 is 33.7 Å². The van der Waals surface area contributed by atoms with E-state index in [1.54, 1.807) is 12.4 Å². The molecule has 0 bridgehead atoms. The summed E-state index contributed by atoms with van der Waals surface area (Å²) in [6.07, 6.45) is 8.08. The van der Waals surface area contributed by atoms with E-state index in [4.69, 9.17) is 10.7 Å². The summed E-state index contributed by atoms with van der Waals surface area (Å²) in [4.78, 5) is 26.7. The summed E-state index contributed by atoms with van der Waals surface area (Å²) in [5.41, 5.74) is 11.5. The molecule has 1 aliphatic rings. The molecule has 0 spiro atoms.